The van der Waals surface area contributed by atoms with E-state index in [-0.39, 0.29) is 17.0 Å². The fourth-order valence-electron chi connectivity index (χ4n) is 2.49. The fourth-order valence-corrected chi connectivity index (χ4v) is 2.49. The zero-order valence-electron chi connectivity index (χ0n) is 12.1. The highest BCUT2D eigenvalue weighted by Crippen LogP contribution is 2.30. The molecule has 1 fully saturated rings. The summed E-state index contributed by atoms with van der Waals surface area (Å²) in [5.74, 6) is -0.131. The smallest absolute Gasteiger partial charge is 0.272 e. The molecule has 0 atom stereocenters. The van der Waals surface area contributed by atoms with Gasteiger partial charge in [-0.1, -0.05) is 0 Å². The monoisotopic (exact) mass is 287 g/mol. The van der Waals surface area contributed by atoms with Gasteiger partial charge in [-0.15, -0.1) is 0 Å². The number of nitrogens with zero attached hydrogens (tertiary/aromatic N) is 3. The molecule has 0 saturated carbocycles. The molecule has 2 rings (SSSR count). The molecule has 21 heavy (non-hydrogen) atoms. The van der Waals surface area contributed by atoms with Crippen LogP contribution in [-0.4, -0.2) is 28.8 Å². The van der Waals surface area contributed by atoms with Crippen molar-refractivity contribution in [2.24, 2.45) is 5.41 Å². The molecule has 0 bridgehead atoms. The number of hydrogen-bond acceptors (Lipinski definition) is 4. The number of nitro benzene ring substituents is 1. The highest BCUT2D eigenvalue weighted by atomic mass is 16.6. The molecular weight excluding hydrogens is 270 g/mol. The summed E-state index contributed by atoms with van der Waals surface area (Å²) in [7, 11) is 0. The third kappa shape index (κ3) is 3.02. The first-order valence-electron chi connectivity index (χ1n) is 6.82. The normalized spacial score (nSPS) is 17.1. The van der Waals surface area contributed by atoms with Gasteiger partial charge in [0.25, 0.3) is 11.6 Å². The molecule has 1 aliphatic heterocycles. The summed E-state index contributed by atoms with van der Waals surface area (Å²) in [6.07, 6.45) is 1.31. The SMILES string of the molecule is Cc1cc(C(=O)N2CCC(C)(C#N)CC2)ccc1[N+](=O)[O-]. The van der Waals surface area contributed by atoms with Crippen LogP contribution in [0, 0.1) is 33.8 Å². The Morgan fingerprint density at radius 2 is 2.05 bits per heavy atom. The van der Waals surface area contributed by atoms with Crippen molar-refractivity contribution in [3.63, 3.8) is 0 Å². The van der Waals surface area contributed by atoms with E-state index in [1.54, 1.807) is 17.9 Å². The van der Waals surface area contributed by atoms with E-state index in [1.165, 1.54) is 12.1 Å². The van der Waals surface area contributed by atoms with E-state index >= 15 is 0 Å². The zero-order chi connectivity index (χ0) is 15.6. The molecule has 0 radical (unpaired) electrons. The molecule has 0 N–H and O–H groups in total. The van der Waals surface area contributed by atoms with Gasteiger partial charge in [-0.25, -0.2) is 0 Å². The highest BCUT2D eigenvalue weighted by molar-refractivity contribution is 5.94. The minimum Gasteiger partial charge on any atom is -0.339 e. The molecule has 1 aromatic carbocycles. The van der Waals surface area contributed by atoms with Gasteiger partial charge >= 0.3 is 0 Å². The van der Waals surface area contributed by atoms with Crippen LogP contribution in [0.5, 0.6) is 0 Å². The zero-order valence-corrected chi connectivity index (χ0v) is 12.1. The van der Waals surface area contributed by atoms with Crippen molar-refractivity contribution in [1.29, 1.82) is 5.26 Å². The average Bonchev–Trinajstić information content (AvgIpc) is 2.47. The lowest BCUT2D eigenvalue weighted by molar-refractivity contribution is -0.385. The summed E-state index contributed by atoms with van der Waals surface area (Å²) in [5.41, 5.74) is 0.591. The van der Waals surface area contributed by atoms with E-state index < -0.39 is 4.92 Å². The average molecular weight is 287 g/mol. The molecule has 110 valence electrons. The standard InChI is InChI=1S/C15H17N3O3/c1-11-9-12(3-4-13(11)18(20)21)14(19)17-7-5-15(2,10-16)6-8-17/h3-4,9H,5-8H2,1-2H3. The lowest BCUT2D eigenvalue weighted by Gasteiger charge is -2.35. The number of carbonyl (C=O) groups is 1. The predicted molar refractivity (Wildman–Crippen MR) is 76.7 cm³/mol. The molecule has 1 amide bonds. The first-order valence-corrected chi connectivity index (χ1v) is 6.82. The lowest BCUT2D eigenvalue weighted by atomic mass is 9.82. The van der Waals surface area contributed by atoms with Crippen molar-refractivity contribution in [2.45, 2.75) is 26.7 Å². The van der Waals surface area contributed by atoms with Crippen LogP contribution in [-0.2, 0) is 0 Å². The Kier molecular flexibility index (Phi) is 3.94. The molecule has 0 aliphatic carbocycles. The molecule has 0 unspecified atom stereocenters. The molecule has 1 aliphatic rings. The van der Waals surface area contributed by atoms with E-state index in [0.717, 1.165) is 0 Å². The van der Waals surface area contributed by atoms with E-state index in [1.807, 2.05) is 6.92 Å². The Labute approximate surface area is 123 Å². The Hall–Kier alpha value is -2.42. The quantitative estimate of drug-likeness (QED) is 0.618. The third-order valence-corrected chi connectivity index (χ3v) is 4.06. The first kappa shape index (κ1) is 15.0. The Bertz CT molecular complexity index is 626. The van der Waals surface area contributed by atoms with Gasteiger partial charge in [0.2, 0.25) is 0 Å². The second-order valence-electron chi connectivity index (χ2n) is 5.72. The maximum Gasteiger partial charge on any atom is 0.272 e. The largest absolute Gasteiger partial charge is 0.339 e. The minimum absolute atomic E-state index is 0.0160. The van der Waals surface area contributed by atoms with Crippen molar-refractivity contribution in [2.75, 3.05) is 13.1 Å². The molecule has 0 spiro atoms. The Morgan fingerprint density at radius 1 is 1.43 bits per heavy atom. The summed E-state index contributed by atoms with van der Waals surface area (Å²) >= 11 is 0. The van der Waals surface area contributed by atoms with E-state index in [9.17, 15) is 14.9 Å². The summed E-state index contributed by atoms with van der Waals surface area (Å²) in [6, 6.07) is 6.71. The van der Waals surface area contributed by atoms with Crippen LogP contribution >= 0.6 is 0 Å². The number of carbonyl (C=O) groups excluding carboxylic acids is 1. The summed E-state index contributed by atoms with van der Waals surface area (Å²) in [4.78, 5) is 24.4. The molecule has 1 aromatic rings. The van der Waals surface area contributed by atoms with Gasteiger partial charge < -0.3 is 4.90 Å². The number of nitriles is 1. The van der Waals surface area contributed by atoms with Gasteiger partial charge in [0, 0.05) is 30.3 Å². The van der Waals surface area contributed by atoms with Gasteiger partial charge in [0.1, 0.15) is 0 Å². The molecule has 6 nitrogen and oxygen atoms in total. The second kappa shape index (κ2) is 5.52. The highest BCUT2D eigenvalue weighted by Gasteiger charge is 2.32. The van der Waals surface area contributed by atoms with E-state index in [0.29, 0.717) is 37.1 Å². The number of nitro groups is 1. The van der Waals surface area contributed by atoms with E-state index in [2.05, 4.69) is 6.07 Å². The van der Waals surface area contributed by atoms with Crippen LogP contribution in [0.25, 0.3) is 0 Å². The summed E-state index contributed by atoms with van der Waals surface area (Å²) in [5, 5.41) is 19.9. The van der Waals surface area contributed by atoms with Crippen LogP contribution in [0.15, 0.2) is 18.2 Å². The number of amides is 1. The second-order valence-corrected chi connectivity index (χ2v) is 5.72. The van der Waals surface area contributed by atoms with Crippen molar-refractivity contribution in [3.05, 3.63) is 39.4 Å². The van der Waals surface area contributed by atoms with Gasteiger partial charge in [-0.3, -0.25) is 14.9 Å². The third-order valence-electron chi connectivity index (χ3n) is 4.06. The van der Waals surface area contributed by atoms with Crippen molar-refractivity contribution >= 4 is 11.6 Å². The summed E-state index contributed by atoms with van der Waals surface area (Å²) < 4.78 is 0. The van der Waals surface area contributed by atoms with Crippen LogP contribution in [0.1, 0.15) is 35.7 Å². The van der Waals surface area contributed by atoms with Gasteiger partial charge in [-0.2, -0.15) is 5.26 Å². The van der Waals surface area contributed by atoms with Crippen molar-refractivity contribution < 1.29 is 9.72 Å². The number of likely N-dealkylation sites (tertiary alicyclic amines) is 1. The van der Waals surface area contributed by atoms with E-state index in [4.69, 9.17) is 5.26 Å². The number of piperidine rings is 1. The van der Waals surface area contributed by atoms with Crippen LogP contribution in [0.4, 0.5) is 5.69 Å². The van der Waals surface area contributed by atoms with Gasteiger partial charge in [-0.05, 0) is 38.8 Å². The maximum atomic E-state index is 12.4. The minimum atomic E-state index is -0.456. The molecule has 1 saturated heterocycles. The number of benzene rings is 1. The Morgan fingerprint density at radius 3 is 2.52 bits per heavy atom. The topological polar surface area (TPSA) is 87.2 Å². The van der Waals surface area contributed by atoms with Crippen molar-refractivity contribution in [1.82, 2.24) is 4.90 Å². The van der Waals surface area contributed by atoms with Crippen LogP contribution < -0.4 is 0 Å². The number of hydrogen-bond donors (Lipinski definition) is 0. The Balaban J connectivity index is 2.13. The number of aryl methyl sites for hydroxylation is 1. The molecule has 0 aromatic heterocycles. The van der Waals surface area contributed by atoms with Gasteiger partial charge in [0.05, 0.1) is 16.4 Å². The maximum absolute atomic E-state index is 12.4. The van der Waals surface area contributed by atoms with Crippen LogP contribution in [0.3, 0.4) is 0 Å². The molecule has 1 heterocycles. The van der Waals surface area contributed by atoms with Gasteiger partial charge in [0.15, 0.2) is 0 Å². The molecular formula is C15H17N3O3. The predicted octanol–water partition coefficient (Wildman–Crippen LogP) is 2.67. The lowest BCUT2D eigenvalue weighted by Crippen LogP contribution is -2.41. The summed E-state index contributed by atoms with van der Waals surface area (Å²) in [6.45, 7) is 4.61. The fraction of sp³-hybridized carbons (Fsp3) is 0.467. The molecule has 6 heteroatoms. The number of rotatable bonds is 2. The first-order chi connectivity index (χ1) is 9.86. The van der Waals surface area contributed by atoms with Crippen LogP contribution in [0.2, 0.25) is 0 Å². The van der Waals surface area contributed by atoms with Crippen molar-refractivity contribution in [3.8, 4) is 6.07 Å².